The molecule has 0 amide bonds. The molecule has 1 aromatic carbocycles. The summed E-state index contributed by atoms with van der Waals surface area (Å²) in [6.07, 6.45) is -6.80. The molecule has 2 atom stereocenters. The lowest BCUT2D eigenvalue weighted by molar-refractivity contribution is -0.153. The van der Waals surface area contributed by atoms with Crippen molar-refractivity contribution in [3.8, 4) is 5.75 Å². The Morgan fingerprint density at radius 1 is 1.39 bits per heavy atom. The normalized spacial score (nSPS) is 15.3. The second-order valence-electron chi connectivity index (χ2n) is 3.79. The van der Waals surface area contributed by atoms with Crippen LogP contribution in [-0.2, 0) is 0 Å². The van der Waals surface area contributed by atoms with Crippen molar-refractivity contribution < 1.29 is 27.4 Å². The van der Waals surface area contributed by atoms with E-state index >= 15 is 0 Å². The molecular formula is C11H13F4NO2. The van der Waals surface area contributed by atoms with Crippen LogP contribution in [0.4, 0.5) is 17.6 Å². The number of halogens is 4. The number of nitrogens with two attached hydrogens (primary N) is 1. The number of ether oxygens (including phenoxy) is 1. The second kappa shape index (κ2) is 5.53. The molecule has 0 aliphatic carbocycles. The zero-order valence-electron chi connectivity index (χ0n) is 9.54. The van der Waals surface area contributed by atoms with Crippen molar-refractivity contribution >= 4 is 0 Å². The number of alkyl halides is 3. The fourth-order valence-electron chi connectivity index (χ4n) is 1.40. The Labute approximate surface area is 101 Å². The van der Waals surface area contributed by atoms with E-state index in [1.165, 1.54) is 19.2 Å². The molecule has 0 aromatic heterocycles. The van der Waals surface area contributed by atoms with Crippen LogP contribution in [0.3, 0.4) is 0 Å². The van der Waals surface area contributed by atoms with Crippen molar-refractivity contribution in [2.24, 2.45) is 5.73 Å². The molecule has 0 aliphatic rings. The van der Waals surface area contributed by atoms with Gasteiger partial charge < -0.3 is 15.6 Å². The third kappa shape index (κ3) is 3.58. The summed E-state index contributed by atoms with van der Waals surface area (Å²) in [6.45, 7) is 0. The molecule has 0 aliphatic heterocycles. The molecule has 3 nitrogen and oxygen atoms in total. The van der Waals surface area contributed by atoms with Crippen molar-refractivity contribution in [1.82, 2.24) is 0 Å². The standard InChI is InChI=1S/C11H13F4NO2/c1-18-9-3-2-6(4-7(9)12)8(17)5-10(16)11(13,14)15/h2-4,8,10,17H,5,16H2,1H3/t8-,10+/m1/s1. The number of aliphatic hydroxyl groups excluding tert-OH is 1. The third-order valence-corrected chi connectivity index (χ3v) is 2.46. The number of methoxy groups -OCH3 is 1. The van der Waals surface area contributed by atoms with Crippen molar-refractivity contribution in [1.29, 1.82) is 0 Å². The van der Waals surface area contributed by atoms with Crippen molar-refractivity contribution in [3.05, 3.63) is 29.6 Å². The van der Waals surface area contributed by atoms with Crippen LogP contribution < -0.4 is 10.5 Å². The van der Waals surface area contributed by atoms with Crippen molar-refractivity contribution in [2.75, 3.05) is 7.11 Å². The Hall–Kier alpha value is -1.34. The molecule has 0 heterocycles. The average molecular weight is 267 g/mol. The van der Waals surface area contributed by atoms with E-state index in [-0.39, 0.29) is 11.3 Å². The van der Waals surface area contributed by atoms with E-state index in [1.54, 1.807) is 0 Å². The SMILES string of the molecule is COc1ccc([C@H](O)C[C@H](N)C(F)(F)F)cc1F. The number of hydrogen-bond acceptors (Lipinski definition) is 3. The van der Waals surface area contributed by atoms with Crippen LogP contribution in [0.25, 0.3) is 0 Å². The molecule has 0 radical (unpaired) electrons. The summed E-state index contributed by atoms with van der Waals surface area (Å²) in [4.78, 5) is 0. The molecule has 102 valence electrons. The fourth-order valence-corrected chi connectivity index (χ4v) is 1.40. The summed E-state index contributed by atoms with van der Waals surface area (Å²) >= 11 is 0. The van der Waals surface area contributed by atoms with Crippen LogP contribution >= 0.6 is 0 Å². The lowest BCUT2D eigenvalue weighted by atomic mass is 10.0. The zero-order valence-corrected chi connectivity index (χ0v) is 9.54. The quantitative estimate of drug-likeness (QED) is 0.822. The van der Waals surface area contributed by atoms with Gasteiger partial charge in [-0.1, -0.05) is 6.07 Å². The molecule has 0 saturated heterocycles. The maximum absolute atomic E-state index is 13.3. The molecule has 1 aromatic rings. The third-order valence-electron chi connectivity index (χ3n) is 2.46. The highest BCUT2D eigenvalue weighted by molar-refractivity contribution is 5.30. The number of aliphatic hydroxyl groups is 1. The molecular weight excluding hydrogens is 254 g/mol. The average Bonchev–Trinajstić information content (AvgIpc) is 2.27. The second-order valence-corrected chi connectivity index (χ2v) is 3.79. The highest BCUT2D eigenvalue weighted by Gasteiger charge is 2.38. The minimum absolute atomic E-state index is 0.0213. The first-order valence-electron chi connectivity index (χ1n) is 5.09. The van der Waals surface area contributed by atoms with Crippen LogP contribution in [0.5, 0.6) is 5.75 Å². The molecule has 0 spiro atoms. The van der Waals surface area contributed by atoms with Crippen LogP contribution in [-0.4, -0.2) is 24.4 Å². The van der Waals surface area contributed by atoms with Gasteiger partial charge in [-0.2, -0.15) is 13.2 Å². The largest absolute Gasteiger partial charge is 0.494 e. The predicted molar refractivity (Wildman–Crippen MR) is 56.6 cm³/mol. The lowest BCUT2D eigenvalue weighted by Gasteiger charge is -2.19. The molecule has 1 rings (SSSR count). The Kier molecular flexibility index (Phi) is 4.53. The maximum Gasteiger partial charge on any atom is 0.403 e. The van der Waals surface area contributed by atoms with Gasteiger partial charge in [0.1, 0.15) is 6.04 Å². The number of hydrogen-bond donors (Lipinski definition) is 2. The van der Waals surface area contributed by atoms with Gasteiger partial charge in [0.25, 0.3) is 0 Å². The molecule has 7 heteroatoms. The Morgan fingerprint density at radius 2 is 2.00 bits per heavy atom. The molecule has 0 saturated carbocycles. The van der Waals surface area contributed by atoms with Gasteiger partial charge in [-0.05, 0) is 17.7 Å². The van der Waals surface area contributed by atoms with Crippen LogP contribution in [0.15, 0.2) is 18.2 Å². The van der Waals surface area contributed by atoms with Gasteiger partial charge in [0.15, 0.2) is 11.6 Å². The Bertz CT molecular complexity index is 409. The van der Waals surface area contributed by atoms with E-state index in [0.717, 1.165) is 6.07 Å². The van der Waals surface area contributed by atoms with Gasteiger partial charge in [-0.25, -0.2) is 4.39 Å². The van der Waals surface area contributed by atoms with Gasteiger partial charge in [0.05, 0.1) is 13.2 Å². The maximum atomic E-state index is 13.3. The Balaban J connectivity index is 2.79. The van der Waals surface area contributed by atoms with Crippen molar-refractivity contribution in [2.45, 2.75) is 24.7 Å². The Morgan fingerprint density at radius 3 is 2.44 bits per heavy atom. The highest BCUT2D eigenvalue weighted by Crippen LogP contribution is 2.28. The summed E-state index contributed by atoms with van der Waals surface area (Å²) in [6, 6.07) is 1.28. The van der Waals surface area contributed by atoms with E-state index in [9.17, 15) is 22.7 Å². The highest BCUT2D eigenvalue weighted by atomic mass is 19.4. The predicted octanol–water partition coefficient (Wildman–Crippen LogP) is 2.15. The molecule has 0 unspecified atom stereocenters. The minimum Gasteiger partial charge on any atom is -0.494 e. The summed E-state index contributed by atoms with van der Waals surface area (Å²) < 4.78 is 54.5. The van der Waals surface area contributed by atoms with E-state index in [1.807, 2.05) is 0 Å². The van der Waals surface area contributed by atoms with Gasteiger partial charge >= 0.3 is 6.18 Å². The van der Waals surface area contributed by atoms with E-state index in [2.05, 4.69) is 4.74 Å². The van der Waals surface area contributed by atoms with Crippen LogP contribution in [0.2, 0.25) is 0 Å². The molecule has 18 heavy (non-hydrogen) atoms. The first kappa shape index (κ1) is 14.7. The topological polar surface area (TPSA) is 55.5 Å². The van der Waals surface area contributed by atoms with E-state index < -0.39 is 30.6 Å². The summed E-state index contributed by atoms with van der Waals surface area (Å²) in [5, 5.41) is 9.55. The lowest BCUT2D eigenvalue weighted by Crippen LogP contribution is -2.38. The van der Waals surface area contributed by atoms with E-state index in [0.29, 0.717) is 0 Å². The van der Waals surface area contributed by atoms with Gasteiger partial charge in [0.2, 0.25) is 0 Å². The first-order chi connectivity index (χ1) is 8.25. The molecule has 0 fully saturated rings. The zero-order chi connectivity index (χ0) is 13.9. The number of benzene rings is 1. The van der Waals surface area contributed by atoms with E-state index in [4.69, 9.17) is 5.73 Å². The minimum atomic E-state index is -4.59. The smallest absolute Gasteiger partial charge is 0.403 e. The summed E-state index contributed by atoms with van der Waals surface area (Å²) in [5.41, 5.74) is 4.90. The van der Waals surface area contributed by atoms with Gasteiger partial charge in [-0.3, -0.25) is 0 Å². The van der Waals surface area contributed by atoms with Crippen LogP contribution in [0.1, 0.15) is 18.1 Å². The first-order valence-corrected chi connectivity index (χ1v) is 5.09. The molecule has 0 bridgehead atoms. The molecule has 3 N–H and O–H groups in total. The van der Waals surface area contributed by atoms with Gasteiger partial charge in [0, 0.05) is 6.42 Å². The summed E-state index contributed by atoms with van der Waals surface area (Å²) in [5.74, 6) is -0.805. The number of rotatable bonds is 4. The van der Waals surface area contributed by atoms with Gasteiger partial charge in [-0.15, -0.1) is 0 Å². The summed E-state index contributed by atoms with van der Waals surface area (Å²) in [7, 11) is 1.26. The monoisotopic (exact) mass is 267 g/mol. The van der Waals surface area contributed by atoms with Crippen molar-refractivity contribution in [3.63, 3.8) is 0 Å². The van der Waals surface area contributed by atoms with Crippen LogP contribution in [0, 0.1) is 5.82 Å². The fraction of sp³-hybridized carbons (Fsp3) is 0.455.